The smallest absolute Gasteiger partial charge is 0.225 e. The zero-order chi connectivity index (χ0) is 13.9. The van der Waals surface area contributed by atoms with Gasteiger partial charge in [-0.15, -0.1) is 0 Å². The van der Waals surface area contributed by atoms with E-state index in [9.17, 15) is 5.11 Å². The van der Waals surface area contributed by atoms with Crippen LogP contribution in [0.15, 0.2) is 36.7 Å². The second-order valence-electron chi connectivity index (χ2n) is 4.96. The van der Waals surface area contributed by atoms with Gasteiger partial charge in [-0.2, -0.15) is 0 Å². The van der Waals surface area contributed by atoms with Crippen LogP contribution in [-0.2, 0) is 4.74 Å². The monoisotopic (exact) mass is 271 g/mol. The molecule has 0 bridgehead atoms. The molecule has 3 rings (SSSR count). The lowest BCUT2D eigenvalue weighted by Gasteiger charge is -2.33. The third-order valence-electron chi connectivity index (χ3n) is 3.36. The number of hydrogen-bond acceptors (Lipinski definition) is 5. The van der Waals surface area contributed by atoms with Crippen molar-refractivity contribution < 1.29 is 9.84 Å². The van der Waals surface area contributed by atoms with Crippen LogP contribution in [0, 0.1) is 6.92 Å². The van der Waals surface area contributed by atoms with Crippen molar-refractivity contribution in [2.75, 3.05) is 24.6 Å². The lowest BCUT2D eigenvalue weighted by atomic mass is 10.1. The predicted molar refractivity (Wildman–Crippen MR) is 75.8 cm³/mol. The Kier molecular flexibility index (Phi) is 3.52. The lowest BCUT2D eigenvalue weighted by Crippen LogP contribution is -2.39. The van der Waals surface area contributed by atoms with E-state index in [1.807, 2.05) is 31.5 Å². The minimum atomic E-state index is -0.0687. The number of rotatable bonds is 2. The molecule has 20 heavy (non-hydrogen) atoms. The van der Waals surface area contributed by atoms with Crippen molar-refractivity contribution >= 4 is 5.95 Å². The summed E-state index contributed by atoms with van der Waals surface area (Å²) in [6, 6.07) is 7.19. The Hall–Kier alpha value is -2.14. The minimum Gasteiger partial charge on any atom is -0.508 e. The number of phenols is 1. The summed E-state index contributed by atoms with van der Waals surface area (Å²) in [7, 11) is 0. The molecule has 1 aliphatic heterocycles. The number of benzene rings is 1. The number of aromatic hydroxyl groups is 1. The van der Waals surface area contributed by atoms with E-state index in [4.69, 9.17) is 4.74 Å². The van der Waals surface area contributed by atoms with E-state index in [1.54, 1.807) is 12.1 Å². The van der Waals surface area contributed by atoms with E-state index >= 15 is 0 Å². The summed E-state index contributed by atoms with van der Waals surface area (Å²) < 4.78 is 5.79. The summed E-state index contributed by atoms with van der Waals surface area (Å²) in [4.78, 5) is 10.8. The molecule has 2 aromatic rings. The predicted octanol–water partition coefficient (Wildman–Crippen LogP) is 2.07. The highest BCUT2D eigenvalue weighted by Crippen LogP contribution is 2.26. The molecular weight excluding hydrogens is 254 g/mol. The highest BCUT2D eigenvalue weighted by molar-refractivity contribution is 5.34. The van der Waals surface area contributed by atoms with Crippen molar-refractivity contribution in [1.82, 2.24) is 9.97 Å². The number of hydrogen-bond donors (Lipinski definition) is 1. The van der Waals surface area contributed by atoms with Crippen LogP contribution < -0.4 is 4.90 Å². The number of aromatic nitrogens is 2. The molecular formula is C15H17N3O2. The number of nitrogens with zero attached hydrogens (tertiary/aromatic N) is 3. The van der Waals surface area contributed by atoms with Gasteiger partial charge in [0.25, 0.3) is 0 Å². The molecule has 104 valence electrons. The summed E-state index contributed by atoms with van der Waals surface area (Å²) in [6.07, 6.45) is 3.57. The molecule has 1 aromatic heterocycles. The van der Waals surface area contributed by atoms with Gasteiger partial charge >= 0.3 is 0 Å². The van der Waals surface area contributed by atoms with E-state index in [1.165, 1.54) is 0 Å². The topological polar surface area (TPSA) is 58.5 Å². The van der Waals surface area contributed by atoms with Crippen LogP contribution in [0.3, 0.4) is 0 Å². The standard InChI is InChI=1S/C15H17N3O2/c1-11-8-16-15(17-9-11)18-5-6-20-14(10-18)12-3-2-4-13(19)7-12/h2-4,7-9,14,19H,5-6,10H2,1H3/t14-/m0/s1. The van der Waals surface area contributed by atoms with Gasteiger partial charge in [-0.3, -0.25) is 0 Å². The zero-order valence-electron chi connectivity index (χ0n) is 11.4. The molecule has 1 atom stereocenters. The fourth-order valence-corrected chi connectivity index (χ4v) is 2.31. The second kappa shape index (κ2) is 5.46. The van der Waals surface area contributed by atoms with Gasteiger partial charge < -0.3 is 14.7 Å². The second-order valence-corrected chi connectivity index (χ2v) is 4.96. The van der Waals surface area contributed by atoms with Gasteiger partial charge in [0, 0.05) is 18.9 Å². The summed E-state index contributed by atoms with van der Waals surface area (Å²) in [6.45, 7) is 4.06. The third-order valence-corrected chi connectivity index (χ3v) is 3.36. The van der Waals surface area contributed by atoms with Gasteiger partial charge in [-0.05, 0) is 30.2 Å². The zero-order valence-corrected chi connectivity index (χ0v) is 11.4. The summed E-state index contributed by atoms with van der Waals surface area (Å²) in [5, 5.41) is 9.56. The first kappa shape index (κ1) is 12.9. The normalized spacial score (nSPS) is 19.1. The Balaban J connectivity index is 1.78. The quantitative estimate of drug-likeness (QED) is 0.906. The van der Waals surface area contributed by atoms with Gasteiger partial charge in [-0.25, -0.2) is 9.97 Å². The average molecular weight is 271 g/mol. The van der Waals surface area contributed by atoms with Crippen LogP contribution in [0.1, 0.15) is 17.2 Å². The maximum Gasteiger partial charge on any atom is 0.225 e. The van der Waals surface area contributed by atoms with Gasteiger partial charge in [0.1, 0.15) is 11.9 Å². The first-order valence-electron chi connectivity index (χ1n) is 6.66. The number of phenolic OH excluding ortho intramolecular Hbond substituents is 1. The molecule has 0 amide bonds. The highest BCUT2D eigenvalue weighted by atomic mass is 16.5. The first-order valence-corrected chi connectivity index (χ1v) is 6.66. The molecule has 5 nitrogen and oxygen atoms in total. The first-order chi connectivity index (χ1) is 9.72. The summed E-state index contributed by atoms with van der Waals surface area (Å²) >= 11 is 0. The molecule has 0 spiro atoms. The average Bonchev–Trinajstić information content (AvgIpc) is 2.48. The van der Waals surface area contributed by atoms with Gasteiger partial charge in [0.05, 0.1) is 13.2 Å². The maximum atomic E-state index is 9.56. The SMILES string of the molecule is Cc1cnc(N2CCO[C@H](c3cccc(O)c3)C2)nc1. The van der Waals surface area contributed by atoms with Crippen LogP contribution >= 0.6 is 0 Å². The van der Waals surface area contributed by atoms with Crippen molar-refractivity contribution in [3.63, 3.8) is 0 Å². The van der Waals surface area contributed by atoms with Crippen molar-refractivity contribution in [2.24, 2.45) is 0 Å². The Bertz CT molecular complexity index is 586. The lowest BCUT2D eigenvalue weighted by molar-refractivity contribution is 0.0391. The van der Waals surface area contributed by atoms with E-state index in [0.717, 1.165) is 23.6 Å². The highest BCUT2D eigenvalue weighted by Gasteiger charge is 2.23. The molecule has 0 saturated carbocycles. The molecule has 1 fully saturated rings. The largest absolute Gasteiger partial charge is 0.508 e. The molecule has 1 saturated heterocycles. The number of morpholine rings is 1. The molecule has 0 unspecified atom stereocenters. The van der Waals surface area contributed by atoms with Gasteiger partial charge in [0.2, 0.25) is 5.95 Å². The van der Waals surface area contributed by atoms with Gasteiger partial charge in [0.15, 0.2) is 0 Å². The van der Waals surface area contributed by atoms with Crippen molar-refractivity contribution in [1.29, 1.82) is 0 Å². The maximum absolute atomic E-state index is 9.56. The van der Waals surface area contributed by atoms with E-state index in [2.05, 4.69) is 14.9 Å². The molecule has 0 radical (unpaired) electrons. The van der Waals surface area contributed by atoms with Crippen LogP contribution in [0.2, 0.25) is 0 Å². The Labute approximate surface area is 117 Å². The van der Waals surface area contributed by atoms with Crippen molar-refractivity contribution in [2.45, 2.75) is 13.0 Å². The van der Waals surface area contributed by atoms with Crippen LogP contribution in [0.5, 0.6) is 5.75 Å². The number of ether oxygens (including phenoxy) is 1. The Morgan fingerprint density at radius 1 is 1.30 bits per heavy atom. The molecule has 1 N–H and O–H groups in total. The number of aryl methyl sites for hydroxylation is 1. The van der Waals surface area contributed by atoms with Crippen LogP contribution in [0.4, 0.5) is 5.95 Å². The minimum absolute atomic E-state index is 0.0687. The molecule has 1 aliphatic rings. The van der Waals surface area contributed by atoms with E-state index in [-0.39, 0.29) is 11.9 Å². The molecule has 5 heteroatoms. The Morgan fingerprint density at radius 2 is 2.10 bits per heavy atom. The van der Waals surface area contributed by atoms with E-state index in [0.29, 0.717) is 13.2 Å². The van der Waals surface area contributed by atoms with Crippen LogP contribution in [0.25, 0.3) is 0 Å². The fraction of sp³-hybridized carbons (Fsp3) is 0.333. The number of anilines is 1. The Morgan fingerprint density at radius 3 is 2.85 bits per heavy atom. The molecule has 2 heterocycles. The van der Waals surface area contributed by atoms with Crippen molar-refractivity contribution in [3.8, 4) is 5.75 Å². The summed E-state index contributed by atoms with van der Waals surface area (Å²) in [5.41, 5.74) is 2.02. The van der Waals surface area contributed by atoms with Gasteiger partial charge in [-0.1, -0.05) is 12.1 Å². The fourth-order valence-electron chi connectivity index (χ4n) is 2.31. The summed E-state index contributed by atoms with van der Waals surface area (Å²) in [5.74, 6) is 0.985. The molecule has 1 aromatic carbocycles. The van der Waals surface area contributed by atoms with E-state index < -0.39 is 0 Å². The van der Waals surface area contributed by atoms with Crippen LogP contribution in [-0.4, -0.2) is 34.8 Å². The third kappa shape index (κ3) is 2.72. The molecule has 0 aliphatic carbocycles. The van der Waals surface area contributed by atoms with Crippen molar-refractivity contribution in [3.05, 3.63) is 47.8 Å².